The highest BCUT2D eigenvalue weighted by atomic mass is 79.9. The monoisotopic (exact) mass is 241 g/mol. The van der Waals surface area contributed by atoms with Crippen molar-refractivity contribution < 1.29 is 0 Å². The Kier molecular flexibility index (Phi) is 2.40. The molecule has 0 aromatic heterocycles. The van der Waals surface area contributed by atoms with Crippen LogP contribution in [0.2, 0.25) is 0 Å². The molecule has 72 valence electrons. The van der Waals surface area contributed by atoms with Crippen LogP contribution in [0.3, 0.4) is 0 Å². The summed E-state index contributed by atoms with van der Waals surface area (Å²) < 4.78 is -0.180. The zero-order valence-electron chi connectivity index (χ0n) is 7.98. The van der Waals surface area contributed by atoms with E-state index < -0.39 is 0 Å². The molecular weight excluding hydrogens is 226 g/mol. The first-order chi connectivity index (χ1) is 6.18. The average molecular weight is 242 g/mol. The minimum Gasteiger partial charge on any atom is -0.197 e. The summed E-state index contributed by atoms with van der Waals surface area (Å²) in [5, 5.41) is 8.98. The van der Waals surface area contributed by atoms with E-state index in [1.54, 1.807) is 0 Å². The Labute approximate surface area is 88.6 Å². The molecule has 0 aromatic carbocycles. The lowest BCUT2D eigenvalue weighted by Crippen LogP contribution is -2.32. The maximum atomic E-state index is 8.98. The van der Waals surface area contributed by atoms with Crippen molar-refractivity contribution in [2.75, 3.05) is 0 Å². The Hall–Kier alpha value is -0.0300. The van der Waals surface area contributed by atoms with Crippen molar-refractivity contribution in [3.8, 4) is 6.07 Å². The highest BCUT2D eigenvalue weighted by molar-refractivity contribution is 9.10. The van der Waals surface area contributed by atoms with Crippen molar-refractivity contribution in [2.45, 2.75) is 55.7 Å². The fourth-order valence-electron chi connectivity index (χ4n) is 2.91. The van der Waals surface area contributed by atoms with Gasteiger partial charge in [-0.2, -0.15) is 5.26 Å². The van der Waals surface area contributed by atoms with Crippen molar-refractivity contribution in [1.82, 2.24) is 0 Å². The molecule has 1 spiro atoms. The first-order valence-corrected chi connectivity index (χ1v) is 6.08. The molecule has 2 saturated carbocycles. The van der Waals surface area contributed by atoms with Crippen molar-refractivity contribution in [1.29, 1.82) is 5.26 Å². The van der Waals surface area contributed by atoms with Gasteiger partial charge in [-0.05, 0) is 43.9 Å². The van der Waals surface area contributed by atoms with Crippen LogP contribution in [0, 0.1) is 16.7 Å². The molecule has 2 heteroatoms. The van der Waals surface area contributed by atoms with E-state index in [1.807, 2.05) is 0 Å². The Morgan fingerprint density at radius 3 is 1.92 bits per heavy atom. The van der Waals surface area contributed by atoms with Gasteiger partial charge in [-0.25, -0.2) is 0 Å². The lowest BCUT2D eigenvalue weighted by atomic mass is 9.70. The molecule has 0 N–H and O–H groups in total. The van der Waals surface area contributed by atoms with Gasteiger partial charge in [0.2, 0.25) is 0 Å². The van der Waals surface area contributed by atoms with Crippen LogP contribution in [0.25, 0.3) is 0 Å². The van der Waals surface area contributed by atoms with Crippen molar-refractivity contribution in [3.05, 3.63) is 0 Å². The third-order valence-electron chi connectivity index (χ3n) is 3.97. The maximum Gasteiger partial charge on any atom is 0.112 e. The average Bonchev–Trinajstić information content (AvgIpc) is 2.61. The molecule has 0 aromatic rings. The fourth-order valence-corrected chi connectivity index (χ4v) is 3.31. The van der Waals surface area contributed by atoms with Gasteiger partial charge in [0.05, 0.1) is 6.07 Å². The molecule has 2 aliphatic rings. The highest BCUT2D eigenvalue weighted by Gasteiger charge is 2.42. The number of rotatable bonds is 0. The third kappa shape index (κ3) is 1.76. The van der Waals surface area contributed by atoms with Crippen LogP contribution in [-0.4, -0.2) is 4.32 Å². The van der Waals surface area contributed by atoms with Crippen LogP contribution in [0.4, 0.5) is 0 Å². The van der Waals surface area contributed by atoms with E-state index in [0.717, 1.165) is 12.8 Å². The van der Waals surface area contributed by atoms with Gasteiger partial charge < -0.3 is 0 Å². The third-order valence-corrected chi connectivity index (χ3v) is 4.94. The van der Waals surface area contributed by atoms with Crippen LogP contribution in [0.1, 0.15) is 51.4 Å². The van der Waals surface area contributed by atoms with E-state index >= 15 is 0 Å². The topological polar surface area (TPSA) is 23.8 Å². The Balaban J connectivity index is 2.00. The van der Waals surface area contributed by atoms with Crippen LogP contribution >= 0.6 is 15.9 Å². The number of hydrogen-bond acceptors (Lipinski definition) is 1. The Bertz CT molecular complexity index is 225. The zero-order valence-corrected chi connectivity index (χ0v) is 9.57. The summed E-state index contributed by atoms with van der Waals surface area (Å²) in [6.45, 7) is 0. The van der Waals surface area contributed by atoms with Crippen molar-refractivity contribution in [2.24, 2.45) is 5.41 Å². The molecule has 0 unspecified atom stereocenters. The second-order valence-electron chi connectivity index (χ2n) is 4.78. The number of nitrogens with zero attached hydrogens (tertiary/aromatic N) is 1. The molecule has 13 heavy (non-hydrogen) atoms. The van der Waals surface area contributed by atoms with E-state index in [2.05, 4.69) is 22.0 Å². The quantitative estimate of drug-likeness (QED) is 0.593. The maximum absolute atomic E-state index is 8.98. The molecule has 0 aliphatic heterocycles. The minimum absolute atomic E-state index is 0.180. The summed E-state index contributed by atoms with van der Waals surface area (Å²) >= 11 is 3.56. The summed E-state index contributed by atoms with van der Waals surface area (Å²) in [6.07, 6.45) is 10.3. The molecule has 2 rings (SSSR count). The van der Waals surface area contributed by atoms with E-state index in [1.165, 1.54) is 38.5 Å². The Morgan fingerprint density at radius 2 is 1.46 bits per heavy atom. The summed E-state index contributed by atoms with van der Waals surface area (Å²) in [5.74, 6) is 0. The molecule has 0 amide bonds. The number of nitriles is 1. The minimum atomic E-state index is -0.180. The summed E-state index contributed by atoms with van der Waals surface area (Å²) in [4.78, 5) is 0. The molecule has 0 bridgehead atoms. The lowest BCUT2D eigenvalue weighted by Gasteiger charge is -2.38. The van der Waals surface area contributed by atoms with Gasteiger partial charge in [0, 0.05) is 0 Å². The van der Waals surface area contributed by atoms with Crippen molar-refractivity contribution >= 4 is 15.9 Å². The predicted octanol–water partition coefficient (Wildman–Crippen LogP) is 3.78. The lowest BCUT2D eigenvalue weighted by molar-refractivity contribution is 0.187. The first-order valence-electron chi connectivity index (χ1n) is 5.28. The molecule has 0 saturated heterocycles. The van der Waals surface area contributed by atoms with Gasteiger partial charge in [-0.1, -0.05) is 28.8 Å². The molecule has 2 fully saturated rings. The second-order valence-corrected chi connectivity index (χ2v) is 6.30. The van der Waals surface area contributed by atoms with E-state index in [9.17, 15) is 0 Å². The van der Waals surface area contributed by atoms with Crippen molar-refractivity contribution in [3.63, 3.8) is 0 Å². The molecule has 0 atom stereocenters. The number of hydrogen-bond donors (Lipinski definition) is 0. The second kappa shape index (κ2) is 3.28. The Morgan fingerprint density at radius 1 is 0.923 bits per heavy atom. The van der Waals surface area contributed by atoms with Gasteiger partial charge in [-0.15, -0.1) is 0 Å². The van der Waals surface area contributed by atoms with Crippen LogP contribution < -0.4 is 0 Å². The summed E-state index contributed by atoms with van der Waals surface area (Å²) in [5.41, 5.74) is 0.647. The molecule has 2 aliphatic carbocycles. The van der Waals surface area contributed by atoms with Gasteiger partial charge in [-0.3, -0.25) is 0 Å². The predicted molar refractivity (Wildman–Crippen MR) is 56.6 cm³/mol. The molecule has 0 heterocycles. The summed E-state index contributed by atoms with van der Waals surface area (Å²) in [7, 11) is 0. The standard InChI is InChI=1S/C11H16BrN/c12-11(9-13)7-5-10(6-8-11)3-1-2-4-10/h1-8H2. The molecular formula is C11H16BrN. The SMILES string of the molecule is N#CC1(Br)CCC2(CCCC2)CC1. The van der Waals surface area contributed by atoms with E-state index in [-0.39, 0.29) is 4.32 Å². The molecule has 0 radical (unpaired) electrons. The zero-order chi connectivity index (χ0) is 9.36. The highest BCUT2D eigenvalue weighted by Crippen LogP contribution is 2.52. The van der Waals surface area contributed by atoms with Crippen LogP contribution in [0.15, 0.2) is 0 Å². The fraction of sp³-hybridized carbons (Fsp3) is 0.909. The van der Waals surface area contributed by atoms with Gasteiger partial charge in [0.1, 0.15) is 4.32 Å². The smallest absolute Gasteiger partial charge is 0.112 e. The van der Waals surface area contributed by atoms with Gasteiger partial charge in [0.15, 0.2) is 0 Å². The van der Waals surface area contributed by atoms with Crippen LogP contribution in [-0.2, 0) is 0 Å². The van der Waals surface area contributed by atoms with Gasteiger partial charge >= 0.3 is 0 Å². The largest absolute Gasteiger partial charge is 0.197 e. The normalized spacial score (nSPS) is 30.2. The van der Waals surface area contributed by atoms with E-state index in [0.29, 0.717) is 5.41 Å². The number of halogens is 1. The molecule has 1 nitrogen and oxygen atoms in total. The first kappa shape index (κ1) is 9.52. The van der Waals surface area contributed by atoms with E-state index in [4.69, 9.17) is 5.26 Å². The number of alkyl halides is 1. The summed E-state index contributed by atoms with van der Waals surface area (Å²) in [6, 6.07) is 2.40. The van der Waals surface area contributed by atoms with Crippen LogP contribution in [0.5, 0.6) is 0 Å². The van der Waals surface area contributed by atoms with Gasteiger partial charge in [0.25, 0.3) is 0 Å².